The van der Waals surface area contributed by atoms with Gasteiger partial charge in [-0.25, -0.2) is 20.0 Å². The summed E-state index contributed by atoms with van der Waals surface area (Å²) in [6.07, 6.45) is 95.8. The van der Waals surface area contributed by atoms with E-state index in [1.54, 1.807) is 0 Å². The minimum Gasteiger partial charge on any atom is -0.381 e. The Balaban J connectivity index is 1.84. The van der Waals surface area contributed by atoms with E-state index >= 15 is 0 Å². The molecule has 0 atom stereocenters. The molecule has 0 aromatic heterocycles. The molecule has 0 aromatic rings. The van der Waals surface area contributed by atoms with Crippen molar-refractivity contribution in [1.82, 2.24) is 0 Å². The van der Waals surface area contributed by atoms with Crippen molar-refractivity contribution in [3.05, 3.63) is 91.7 Å². The fourth-order valence-corrected chi connectivity index (χ4v) is 19.0. The molecule has 5 aliphatic rings. The van der Waals surface area contributed by atoms with Crippen LogP contribution in [0, 0.1) is 0 Å². The molecule has 0 aromatic carbocycles. The van der Waals surface area contributed by atoms with Gasteiger partial charge in [0.25, 0.3) is 0 Å². The number of aliphatic imine (C=N–C) groups is 4. The van der Waals surface area contributed by atoms with Crippen LogP contribution in [0.5, 0.6) is 0 Å². The summed E-state index contributed by atoms with van der Waals surface area (Å²) in [6.45, 7) is 29.3. The van der Waals surface area contributed by atoms with Crippen LogP contribution in [0.2, 0.25) is 0 Å². The van der Waals surface area contributed by atoms with Crippen LogP contribution in [0.3, 0.4) is 0 Å². The fraction of sp³-hybridized carbons (Fsp3) is 0.828. The van der Waals surface area contributed by atoms with Gasteiger partial charge in [-0.05, 0) is 148 Å². The van der Waals surface area contributed by atoms with Crippen LogP contribution >= 0.6 is 0 Å². The van der Waals surface area contributed by atoms with E-state index in [2.05, 4.69) is 79.7 Å². The molecule has 12 heteroatoms. The first kappa shape index (κ1) is 115. The van der Waals surface area contributed by atoms with E-state index in [0.717, 1.165) is 187 Å². The van der Waals surface area contributed by atoms with Crippen molar-refractivity contribution >= 4 is 22.8 Å². The molecule has 0 radical (unpaired) electrons. The predicted octanol–water partition coefficient (Wildman–Crippen LogP) is 34.9. The first-order valence-electron chi connectivity index (χ1n) is 56.2. The van der Waals surface area contributed by atoms with Crippen LogP contribution in [0.1, 0.15) is 518 Å². The van der Waals surface area contributed by atoms with Crippen molar-refractivity contribution in [1.29, 1.82) is 0 Å². The highest BCUT2D eigenvalue weighted by Gasteiger charge is 2.37. The van der Waals surface area contributed by atoms with Crippen LogP contribution in [0.15, 0.2) is 112 Å². The summed E-state index contributed by atoms with van der Waals surface area (Å²) in [5.74, 6) is 0. The monoisotopic (exact) mass is 1780 g/mol. The summed E-state index contributed by atoms with van der Waals surface area (Å²) in [5.41, 5.74) is 17.7. The Labute approximate surface area is 791 Å². The van der Waals surface area contributed by atoms with Crippen LogP contribution < -0.4 is 0 Å². The molecular weight excluding hydrogens is 1580 g/mol. The lowest BCUT2D eigenvalue weighted by atomic mass is 9.88. The Bertz CT molecular complexity index is 3120. The first-order chi connectivity index (χ1) is 63.5. The minimum atomic E-state index is 0.560. The second-order valence-electron chi connectivity index (χ2n) is 38.6. The third-order valence-corrected chi connectivity index (χ3v) is 27.0. The summed E-state index contributed by atoms with van der Waals surface area (Å²) in [7, 11) is 0. The van der Waals surface area contributed by atoms with Gasteiger partial charge < -0.3 is 37.9 Å². The molecule has 12 nitrogen and oxygen atoms in total. The van der Waals surface area contributed by atoms with Gasteiger partial charge in [0.1, 0.15) is 0 Å². The molecular formula is C116H204N4O8. The van der Waals surface area contributed by atoms with Crippen LogP contribution in [-0.4, -0.2) is 129 Å². The highest BCUT2D eigenvalue weighted by molar-refractivity contribution is 6.22. The third-order valence-electron chi connectivity index (χ3n) is 27.0. The topological polar surface area (TPSA) is 123 Å². The summed E-state index contributed by atoms with van der Waals surface area (Å²) < 4.78 is 55.5. The van der Waals surface area contributed by atoms with E-state index in [1.807, 2.05) is 0 Å². The summed E-state index contributed by atoms with van der Waals surface area (Å²) in [6, 6.07) is 0. The Morgan fingerprint density at radius 1 is 0.172 bits per heavy atom. The van der Waals surface area contributed by atoms with Gasteiger partial charge in [0, 0.05) is 76.8 Å². The second-order valence-corrected chi connectivity index (χ2v) is 38.6. The Hall–Kier alpha value is -3.72. The summed E-state index contributed by atoms with van der Waals surface area (Å²) in [4.78, 5) is 24.3. The molecule has 8 bridgehead atoms. The van der Waals surface area contributed by atoms with Crippen molar-refractivity contribution in [2.45, 2.75) is 518 Å². The normalized spacial score (nSPS) is 14.7. The maximum absolute atomic E-state index is 7.03. The highest BCUT2D eigenvalue weighted by Crippen LogP contribution is 2.45. The van der Waals surface area contributed by atoms with Crippen molar-refractivity contribution < 1.29 is 37.9 Å². The second kappa shape index (κ2) is 83.8. The van der Waals surface area contributed by atoms with Crippen LogP contribution in [-0.2, 0) is 37.9 Å². The molecule has 0 saturated heterocycles. The number of allylic oxidation sites excluding steroid dienone is 7. The van der Waals surface area contributed by atoms with Crippen molar-refractivity contribution in [3.63, 3.8) is 0 Å². The van der Waals surface area contributed by atoms with Crippen LogP contribution in [0.4, 0.5) is 0 Å². The van der Waals surface area contributed by atoms with Gasteiger partial charge in [0.15, 0.2) is 0 Å². The molecule has 0 amide bonds. The molecule has 0 spiro atoms. The number of ether oxygens (including phenoxy) is 8. The number of hydrogen-bond acceptors (Lipinski definition) is 12. The van der Waals surface area contributed by atoms with E-state index in [9.17, 15) is 0 Å². The Kier molecular flexibility index (Phi) is 75.2. The Morgan fingerprint density at radius 2 is 0.383 bits per heavy atom. The number of nitrogens with zero attached hydrogens (tertiary/aromatic N) is 4. The molecule has 5 heterocycles. The average Bonchev–Trinajstić information content (AvgIpc) is 1.59. The average molecular weight is 1780 g/mol. The van der Waals surface area contributed by atoms with E-state index in [4.69, 9.17) is 57.9 Å². The lowest BCUT2D eigenvalue weighted by Crippen LogP contribution is -2.14. The van der Waals surface area contributed by atoms with Gasteiger partial charge in [-0.3, -0.25) is 0 Å². The lowest BCUT2D eigenvalue weighted by molar-refractivity contribution is 0.130. The smallest absolute Gasteiger partial charge is 0.0728 e. The van der Waals surface area contributed by atoms with Gasteiger partial charge in [-0.1, -0.05) is 415 Å². The molecule has 736 valence electrons. The molecule has 0 aliphatic carbocycles. The zero-order valence-corrected chi connectivity index (χ0v) is 85.6. The molecule has 5 aliphatic heterocycles. The van der Waals surface area contributed by atoms with Crippen LogP contribution in [0.25, 0.3) is 0 Å². The first-order valence-corrected chi connectivity index (χ1v) is 56.2. The van der Waals surface area contributed by atoms with Gasteiger partial charge in [-0.2, -0.15) is 0 Å². The predicted molar refractivity (Wildman–Crippen MR) is 555 cm³/mol. The molecule has 0 fully saturated rings. The number of unbranched alkanes of at least 4 members (excludes halogenated alkanes) is 56. The number of rotatable bonds is 96. The molecule has 5 rings (SSSR count). The molecule has 0 saturated carbocycles. The Morgan fingerprint density at radius 3 is 0.664 bits per heavy atom. The molecule has 0 unspecified atom stereocenters. The van der Waals surface area contributed by atoms with Crippen molar-refractivity contribution in [2.24, 2.45) is 20.0 Å². The van der Waals surface area contributed by atoms with Crippen molar-refractivity contribution in [3.8, 4) is 0 Å². The number of hydrogen-bond donors (Lipinski definition) is 0. The zero-order chi connectivity index (χ0) is 90.8. The molecule has 128 heavy (non-hydrogen) atoms. The van der Waals surface area contributed by atoms with Gasteiger partial charge in [-0.15, -0.1) is 0 Å². The van der Waals surface area contributed by atoms with Gasteiger partial charge in [0.05, 0.1) is 98.5 Å². The van der Waals surface area contributed by atoms with Gasteiger partial charge >= 0.3 is 0 Å². The van der Waals surface area contributed by atoms with E-state index in [-0.39, 0.29) is 0 Å². The summed E-state index contributed by atoms with van der Waals surface area (Å²) in [5, 5.41) is 0. The fourth-order valence-electron chi connectivity index (χ4n) is 19.0. The van der Waals surface area contributed by atoms with Crippen molar-refractivity contribution in [2.75, 3.05) is 106 Å². The SMILES string of the molecule is CCCCCCCCCCOCCC1=C(CCOCCCCCCCCCC)C2=NC1=CC1=NC(=CC3=NC(=C(CCOCCCCCCCCCC)C4=NC(=C2CCOCCCCCCCCCC)C(CCOCCCCCCCCCC)=C4CCOCCCCCCCCCC)C(CCOCCCCCCCCCC)=C3CCOCCCCCCCCCC)C=C1. The van der Waals surface area contributed by atoms with E-state index in [0.29, 0.717) is 78.5 Å². The lowest BCUT2D eigenvalue weighted by Gasteiger charge is -2.18. The standard InChI is InChI=1S/C116H204N4O8/c1-9-17-25-33-41-49-57-65-83-121-91-75-103-105(77-93-123-85-67-59-51-43-35-27-19-11-3)113-109(81-97-127-89-71-63-55-47-39-31-23-15-7)115-107(79-95-125-87-69-61-53-45-37-29-21-13-5)108(80-96-126-88-70-62-54-46-38-30-22-14-6)116(120-115)110(82-98-128-90-72-64-56-48-40-32-24-16-8)114-106(78-94-124-86-68-60-52-44-36-28-20-12-4)104(76-92-122-84-66-58-50-42-34-26-18-10-2)112(119-114)100-102-74-73-101(117-102)99-111(103)118-113/h73-74,99-100H,9-72,75-98H2,1-8H3. The zero-order valence-electron chi connectivity index (χ0n) is 85.6. The van der Waals surface area contributed by atoms with E-state index < -0.39 is 0 Å². The maximum Gasteiger partial charge on any atom is 0.0728 e. The highest BCUT2D eigenvalue weighted by atomic mass is 16.5. The maximum atomic E-state index is 7.03. The van der Waals surface area contributed by atoms with E-state index in [1.165, 1.54) is 393 Å². The number of fused-ring (bicyclic) bond motifs is 4. The quantitative estimate of drug-likeness (QED) is 0.0552. The minimum absolute atomic E-state index is 0.560. The third kappa shape index (κ3) is 54.7. The molecule has 0 N–H and O–H groups in total. The summed E-state index contributed by atoms with van der Waals surface area (Å²) >= 11 is 0. The largest absolute Gasteiger partial charge is 0.381 e. The van der Waals surface area contributed by atoms with Gasteiger partial charge in [0.2, 0.25) is 0 Å².